The number of aryl methyl sites for hydroxylation is 3. The van der Waals surface area contributed by atoms with Crippen molar-refractivity contribution in [1.29, 1.82) is 0 Å². The first-order chi connectivity index (χ1) is 12.0. The summed E-state index contributed by atoms with van der Waals surface area (Å²) >= 11 is 1.74. The second kappa shape index (κ2) is 6.15. The Bertz CT molecular complexity index is 936. The van der Waals surface area contributed by atoms with Crippen LogP contribution in [0.15, 0.2) is 24.4 Å². The van der Waals surface area contributed by atoms with Crippen molar-refractivity contribution in [2.75, 3.05) is 31.1 Å². The van der Waals surface area contributed by atoms with Crippen molar-refractivity contribution in [3.63, 3.8) is 0 Å². The Morgan fingerprint density at radius 2 is 1.92 bits per heavy atom. The lowest BCUT2D eigenvalue weighted by Gasteiger charge is -2.34. The van der Waals surface area contributed by atoms with E-state index >= 15 is 0 Å². The average Bonchev–Trinajstić information content (AvgIpc) is 3.21. The predicted molar refractivity (Wildman–Crippen MR) is 100 cm³/mol. The third-order valence-electron chi connectivity index (χ3n) is 4.58. The normalized spacial score (nSPS) is 15.2. The highest BCUT2D eigenvalue weighted by Gasteiger charge is 2.25. The first-order valence-corrected chi connectivity index (χ1v) is 9.24. The molecule has 0 atom stereocenters. The summed E-state index contributed by atoms with van der Waals surface area (Å²) in [4.78, 5) is 21.5. The number of nitrogens with zero attached hydrogens (tertiary/aromatic N) is 5. The number of rotatable bonds is 2. The van der Waals surface area contributed by atoms with Gasteiger partial charge in [0.15, 0.2) is 5.13 Å². The Balaban J connectivity index is 1.48. The highest BCUT2D eigenvalue weighted by atomic mass is 32.1. The van der Waals surface area contributed by atoms with Crippen molar-refractivity contribution < 1.29 is 4.79 Å². The van der Waals surface area contributed by atoms with Crippen LogP contribution in [0.1, 0.15) is 21.6 Å². The van der Waals surface area contributed by atoms with E-state index in [0.717, 1.165) is 23.7 Å². The summed E-state index contributed by atoms with van der Waals surface area (Å²) in [5.74, 6) is 0.0102. The Kier molecular flexibility index (Phi) is 3.95. The Labute approximate surface area is 150 Å². The summed E-state index contributed by atoms with van der Waals surface area (Å²) in [6.45, 7) is 7.24. The Morgan fingerprint density at radius 1 is 1.16 bits per heavy atom. The first kappa shape index (κ1) is 16.1. The van der Waals surface area contributed by atoms with Gasteiger partial charge in [-0.25, -0.2) is 4.98 Å². The summed E-state index contributed by atoms with van der Waals surface area (Å²) in [7, 11) is 1.82. The topological polar surface area (TPSA) is 54.3 Å². The van der Waals surface area contributed by atoms with E-state index in [1.807, 2.05) is 11.9 Å². The van der Waals surface area contributed by atoms with Crippen molar-refractivity contribution in [3.8, 4) is 0 Å². The molecule has 1 saturated heterocycles. The number of hydrogen-bond donors (Lipinski definition) is 0. The van der Waals surface area contributed by atoms with E-state index in [1.54, 1.807) is 28.3 Å². The number of amides is 1. The highest BCUT2D eigenvalue weighted by molar-refractivity contribution is 7.22. The van der Waals surface area contributed by atoms with Crippen LogP contribution in [0.25, 0.3) is 10.2 Å². The van der Waals surface area contributed by atoms with Crippen LogP contribution in [-0.4, -0.2) is 51.8 Å². The first-order valence-electron chi connectivity index (χ1n) is 8.43. The number of fused-ring (bicyclic) bond motifs is 1. The maximum absolute atomic E-state index is 12.5. The molecule has 1 aliphatic heterocycles. The molecule has 6 nitrogen and oxygen atoms in total. The zero-order valence-corrected chi connectivity index (χ0v) is 15.5. The zero-order chi connectivity index (χ0) is 17.6. The molecule has 3 heterocycles. The third-order valence-corrected chi connectivity index (χ3v) is 5.85. The molecular formula is C18H21N5OS. The molecule has 1 fully saturated rings. The largest absolute Gasteiger partial charge is 0.345 e. The van der Waals surface area contributed by atoms with Gasteiger partial charge in [-0.3, -0.25) is 9.48 Å². The molecule has 0 N–H and O–H groups in total. The van der Waals surface area contributed by atoms with Gasteiger partial charge in [0.05, 0.1) is 10.2 Å². The zero-order valence-electron chi connectivity index (χ0n) is 14.7. The van der Waals surface area contributed by atoms with Crippen molar-refractivity contribution >= 4 is 32.6 Å². The second-order valence-electron chi connectivity index (χ2n) is 6.58. The van der Waals surface area contributed by atoms with Gasteiger partial charge in [0.25, 0.3) is 5.91 Å². The van der Waals surface area contributed by atoms with Crippen LogP contribution in [-0.2, 0) is 7.05 Å². The fourth-order valence-corrected chi connectivity index (χ4v) is 4.36. The van der Waals surface area contributed by atoms with Gasteiger partial charge in [0.2, 0.25) is 0 Å². The lowest BCUT2D eigenvalue weighted by molar-refractivity contribution is 0.0740. The minimum Gasteiger partial charge on any atom is -0.345 e. The van der Waals surface area contributed by atoms with Gasteiger partial charge in [0, 0.05) is 39.4 Å². The molecule has 0 radical (unpaired) electrons. The number of aromatic nitrogens is 3. The molecule has 1 aromatic carbocycles. The maximum Gasteiger partial charge on any atom is 0.274 e. The van der Waals surface area contributed by atoms with Gasteiger partial charge in [0.1, 0.15) is 5.69 Å². The van der Waals surface area contributed by atoms with Gasteiger partial charge in [-0.2, -0.15) is 5.10 Å². The van der Waals surface area contributed by atoms with Crippen molar-refractivity contribution in [1.82, 2.24) is 19.7 Å². The number of anilines is 1. The standard InChI is InChI=1S/C18H21N5OS/c1-12-10-13(2)16-15(11-12)19-18(25-16)23-8-6-22(7-9-23)17(24)14-4-5-21(3)20-14/h4-5,10-11H,6-9H2,1-3H3. The highest BCUT2D eigenvalue weighted by Crippen LogP contribution is 2.32. The summed E-state index contributed by atoms with van der Waals surface area (Å²) in [5.41, 5.74) is 4.11. The lowest BCUT2D eigenvalue weighted by atomic mass is 10.1. The number of carbonyl (C=O) groups is 1. The molecule has 1 aliphatic rings. The smallest absolute Gasteiger partial charge is 0.274 e. The van der Waals surface area contributed by atoms with Crippen molar-refractivity contribution in [3.05, 3.63) is 41.2 Å². The average molecular weight is 355 g/mol. The van der Waals surface area contributed by atoms with E-state index in [4.69, 9.17) is 4.98 Å². The summed E-state index contributed by atoms with van der Waals surface area (Å²) < 4.78 is 2.92. The summed E-state index contributed by atoms with van der Waals surface area (Å²) in [6, 6.07) is 6.12. The number of piperazine rings is 1. The predicted octanol–water partition coefficient (Wildman–Crippen LogP) is 2.61. The van der Waals surface area contributed by atoms with Crippen LogP contribution in [0.3, 0.4) is 0 Å². The molecule has 0 spiro atoms. The van der Waals surface area contributed by atoms with E-state index < -0.39 is 0 Å². The van der Waals surface area contributed by atoms with Gasteiger partial charge >= 0.3 is 0 Å². The molecule has 7 heteroatoms. The third kappa shape index (κ3) is 3.00. The lowest BCUT2D eigenvalue weighted by Crippen LogP contribution is -2.48. The van der Waals surface area contributed by atoms with E-state index in [0.29, 0.717) is 18.8 Å². The molecule has 0 saturated carbocycles. The van der Waals surface area contributed by atoms with E-state index in [-0.39, 0.29) is 5.91 Å². The fraction of sp³-hybridized carbons (Fsp3) is 0.389. The second-order valence-corrected chi connectivity index (χ2v) is 7.56. The van der Waals surface area contributed by atoms with Crippen LogP contribution in [0.2, 0.25) is 0 Å². The van der Waals surface area contributed by atoms with Crippen LogP contribution in [0.4, 0.5) is 5.13 Å². The quantitative estimate of drug-likeness (QED) is 0.709. The van der Waals surface area contributed by atoms with E-state index in [9.17, 15) is 4.79 Å². The molecule has 0 aliphatic carbocycles. The van der Waals surface area contributed by atoms with Crippen LogP contribution >= 0.6 is 11.3 Å². The maximum atomic E-state index is 12.5. The molecule has 1 amide bonds. The summed E-state index contributed by atoms with van der Waals surface area (Å²) in [6.07, 6.45) is 1.80. The van der Waals surface area contributed by atoms with Crippen LogP contribution < -0.4 is 4.90 Å². The van der Waals surface area contributed by atoms with Crippen molar-refractivity contribution in [2.45, 2.75) is 13.8 Å². The number of carbonyl (C=O) groups excluding carboxylic acids is 1. The van der Waals surface area contributed by atoms with E-state index in [2.05, 4.69) is 36.0 Å². The molecule has 3 aromatic rings. The minimum absolute atomic E-state index is 0.0102. The molecule has 2 aromatic heterocycles. The van der Waals surface area contributed by atoms with Crippen LogP contribution in [0, 0.1) is 13.8 Å². The van der Waals surface area contributed by atoms with Gasteiger partial charge in [-0.05, 0) is 37.1 Å². The number of thiazole rings is 1. The monoisotopic (exact) mass is 355 g/mol. The van der Waals surface area contributed by atoms with E-state index in [1.165, 1.54) is 15.8 Å². The summed E-state index contributed by atoms with van der Waals surface area (Å²) in [5, 5.41) is 5.26. The van der Waals surface area contributed by atoms with Crippen LogP contribution in [0.5, 0.6) is 0 Å². The molecule has 130 valence electrons. The van der Waals surface area contributed by atoms with Gasteiger partial charge < -0.3 is 9.80 Å². The minimum atomic E-state index is 0.0102. The van der Waals surface area contributed by atoms with Gasteiger partial charge in [-0.15, -0.1) is 0 Å². The molecule has 4 rings (SSSR count). The number of benzene rings is 1. The van der Waals surface area contributed by atoms with Gasteiger partial charge in [-0.1, -0.05) is 17.4 Å². The Morgan fingerprint density at radius 3 is 2.60 bits per heavy atom. The number of hydrogen-bond acceptors (Lipinski definition) is 5. The fourth-order valence-electron chi connectivity index (χ4n) is 3.29. The molecule has 0 unspecified atom stereocenters. The van der Waals surface area contributed by atoms with Crippen molar-refractivity contribution in [2.24, 2.45) is 7.05 Å². The molecule has 25 heavy (non-hydrogen) atoms. The SMILES string of the molecule is Cc1cc(C)c2sc(N3CCN(C(=O)c4ccn(C)n4)CC3)nc2c1. The Hall–Kier alpha value is -2.41. The molecular weight excluding hydrogens is 334 g/mol. The molecule has 0 bridgehead atoms.